The van der Waals surface area contributed by atoms with Gasteiger partial charge in [-0.25, -0.2) is 8.78 Å². The molecule has 2 aromatic carbocycles. The van der Waals surface area contributed by atoms with Crippen LogP contribution in [0, 0.1) is 23.0 Å². The maximum absolute atomic E-state index is 13.4. The number of ether oxygens (including phenoxy) is 1. The summed E-state index contributed by atoms with van der Waals surface area (Å²) in [5.74, 6) is -1.52. The molecular weight excluding hydrogens is 274 g/mol. The molecule has 3 nitrogen and oxygen atoms in total. The Kier molecular flexibility index (Phi) is 4.51. The molecule has 0 bridgehead atoms. The van der Waals surface area contributed by atoms with Gasteiger partial charge in [0, 0.05) is 12.5 Å². The van der Waals surface area contributed by atoms with Crippen molar-refractivity contribution in [2.75, 3.05) is 6.61 Å². The van der Waals surface area contributed by atoms with Crippen molar-refractivity contribution in [1.82, 2.24) is 0 Å². The number of rotatable bonds is 5. The highest BCUT2D eigenvalue weighted by molar-refractivity contribution is 5.30. The van der Waals surface area contributed by atoms with Crippen LogP contribution < -0.4 is 10.5 Å². The zero-order valence-corrected chi connectivity index (χ0v) is 11.2. The van der Waals surface area contributed by atoms with E-state index in [1.165, 1.54) is 6.07 Å². The zero-order valence-electron chi connectivity index (χ0n) is 11.2. The molecule has 2 N–H and O–H groups in total. The lowest BCUT2D eigenvalue weighted by atomic mass is 9.89. The number of nitrogens with two attached hydrogens (primary N) is 1. The predicted octanol–water partition coefficient (Wildman–Crippen LogP) is 3.11. The summed E-state index contributed by atoms with van der Waals surface area (Å²) in [4.78, 5) is 0. The normalized spacial score (nSPS) is 13.2. The molecule has 21 heavy (non-hydrogen) atoms. The molecule has 5 heteroatoms. The number of hydrogen-bond acceptors (Lipinski definition) is 3. The number of nitriles is 1. The molecule has 0 amide bonds. The Morgan fingerprint density at radius 1 is 1.14 bits per heavy atom. The highest BCUT2D eigenvalue weighted by Crippen LogP contribution is 2.23. The van der Waals surface area contributed by atoms with E-state index < -0.39 is 17.2 Å². The molecule has 0 aliphatic rings. The van der Waals surface area contributed by atoms with E-state index in [0.29, 0.717) is 5.56 Å². The summed E-state index contributed by atoms with van der Waals surface area (Å²) >= 11 is 0. The molecule has 0 aromatic heterocycles. The molecule has 0 saturated heterocycles. The molecule has 0 aliphatic heterocycles. The Hall–Kier alpha value is -2.45. The second kappa shape index (κ2) is 6.33. The van der Waals surface area contributed by atoms with Crippen LogP contribution in [0.2, 0.25) is 0 Å². The number of hydrogen-bond donors (Lipinski definition) is 1. The zero-order chi connectivity index (χ0) is 15.3. The minimum absolute atomic E-state index is 0.0432. The first-order chi connectivity index (χ1) is 10.0. The molecule has 0 aliphatic carbocycles. The van der Waals surface area contributed by atoms with Crippen LogP contribution in [-0.4, -0.2) is 6.61 Å². The summed E-state index contributed by atoms with van der Waals surface area (Å²) in [6.07, 6.45) is 0.185. The van der Waals surface area contributed by atoms with E-state index in [9.17, 15) is 14.0 Å². The minimum atomic E-state index is -1.21. The van der Waals surface area contributed by atoms with Crippen molar-refractivity contribution in [3.63, 3.8) is 0 Å². The van der Waals surface area contributed by atoms with Gasteiger partial charge in [-0.2, -0.15) is 5.26 Å². The minimum Gasteiger partial charge on any atom is -0.490 e. The lowest BCUT2D eigenvalue weighted by Gasteiger charge is -2.22. The van der Waals surface area contributed by atoms with Crippen LogP contribution >= 0.6 is 0 Å². The number of nitrogens with zero attached hydrogens (tertiary/aromatic N) is 1. The fraction of sp³-hybridized carbons (Fsp3) is 0.188. The van der Waals surface area contributed by atoms with Crippen LogP contribution in [0.4, 0.5) is 8.78 Å². The molecule has 1 unspecified atom stereocenters. The van der Waals surface area contributed by atoms with Crippen LogP contribution in [0.15, 0.2) is 48.5 Å². The van der Waals surface area contributed by atoms with Crippen molar-refractivity contribution in [2.45, 2.75) is 12.0 Å². The van der Waals surface area contributed by atoms with Crippen LogP contribution in [0.25, 0.3) is 0 Å². The molecule has 0 spiro atoms. The summed E-state index contributed by atoms with van der Waals surface area (Å²) in [6.45, 7) is 0.0432. The molecule has 0 saturated carbocycles. The van der Waals surface area contributed by atoms with Gasteiger partial charge in [0.15, 0.2) is 11.6 Å². The van der Waals surface area contributed by atoms with E-state index in [-0.39, 0.29) is 18.8 Å². The second-order valence-electron chi connectivity index (χ2n) is 4.62. The van der Waals surface area contributed by atoms with E-state index in [0.717, 1.165) is 12.1 Å². The van der Waals surface area contributed by atoms with Gasteiger partial charge in [0.2, 0.25) is 0 Å². The third kappa shape index (κ3) is 3.56. The standard InChI is InChI=1S/C16H14F2N2O/c17-13-6-7-15(14(18)10-13)21-9-8-16(20,11-19)12-4-2-1-3-5-12/h1-7,10H,8-9,20H2. The topological polar surface area (TPSA) is 59.0 Å². The van der Waals surface area contributed by atoms with Gasteiger partial charge in [0.1, 0.15) is 11.4 Å². The average Bonchev–Trinajstić information content (AvgIpc) is 2.50. The Labute approximate surface area is 121 Å². The van der Waals surface area contributed by atoms with E-state index in [4.69, 9.17) is 10.5 Å². The van der Waals surface area contributed by atoms with Crippen molar-refractivity contribution >= 4 is 0 Å². The van der Waals surface area contributed by atoms with Crippen LogP contribution in [0.5, 0.6) is 5.75 Å². The molecule has 0 fully saturated rings. The fourth-order valence-corrected chi connectivity index (χ4v) is 1.91. The van der Waals surface area contributed by atoms with Crippen molar-refractivity contribution < 1.29 is 13.5 Å². The summed E-state index contributed by atoms with van der Waals surface area (Å²) in [6, 6.07) is 14.0. The molecule has 2 aromatic rings. The van der Waals surface area contributed by atoms with Crippen LogP contribution in [-0.2, 0) is 5.54 Å². The molecular formula is C16H14F2N2O. The van der Waals surface area contributed by atoms with Crippen molar-refractivity contribution in [2.24, 2.45) is 5.73 Å². The SMILES string of the molecule is N#CC(N)(CCOc1ccc(F)cc1F)c1ccccc1. The lowest BCUT2D eigenvalue weighted by molar-refractivity contribution is 0.269. The van der Waals surface area contributed by atoms with E-state index in [2.05, 4.69) is 0 Å². The van der Waals surface area contributed by atoms with Gasteiger partial charge in [0.25, 0.3) is 0 Å². The largest absolute Gasteiger partial charge is 0.490 e. The van der Waals surface area contributed by atoms with Gasteiger partial charge in [-0.3, -0.25) is 0 Å². The second-order valence-corrected chi connectivity index (χ2v) is 4.62. The van der Waals surface area contributed by atoms with Gasteiger partial charge >= 0.3 is 0 Å². The first-order valence-electron chi connectivity index (χ1n) is 6.39. The molecule has 0 heterocycles. The van der Waals surface area contributed by atoms with Gasteiger partial charge in [0.05, 0.1) is 12.7 Å². The first kappa shape index (κ1) is 14.9. The number of halogens is 2. The molecule has 0 radical (unpaired) electrons. The fourth-order valence-electron chi connectivity index (χ4n) is 1.91. The maximum Gasteiger partial charge on any atom is 0.167 e. The van der Waals surface area contributed by atoms with Gasteiger partial charge in [-0.1, -0.05) is 30.3 Å². The smallest absolute Gasteiger partial charge is 0.167 e. The van der Waals surface area contributed by atoms with Crippen LogP contribution in [0.1, 0.15) is 12.0 Å². The van der Waals surface area contributed by atoms with Crippen molar-refractivity contribution in [1.29, 1.82) is 5.26 Å². The van der Waals surface area contributed by atoms with Gasteiger partial charge in [-0.05, 0) is 17.7 Å². The number of benzene rings is 2. The van der Waals surface area contributed by atoms with E-state index >= 15 is 0 Å². The third-order valence-electron chi connectivity index (χ3n) is 3.14. The predicted molar refractivity (Wildman–Crippen MR) is 74.4 cm³/mol. The summed E-state index contributed by atoms with van der Waals surface area (Å²) in [7, 11) is 0. The Balaban J connectivity index is 2.03. The molecule has 1 atom stereocenters. The monoisotopic (exact) mass is 288 g/mol. The first-order valence-corrected chi connectivity index (χ1v) is 6.39. The highest BCUT2D eigenvalue weighted by Gasteiger charge is 2.27. The van der Waals surface area contributed by atoms with Gasteiger partial charge < -0.3 is 10.5 Å². The summed E-state index contributed by atoms with van der Waals surface area (Å²) < 4.78 is 31.4. The maximum atomic E-state index is 13.4. The lowest BCUT2D eigenvalue weighted by Crippen LogP contribution is -2.36. The Morgan fingerprint density at radius 2 is 1.86 bits per heavy atom. The van der Waals surface area contributed by atoms with Crippen LogP contribution in [0.3, 0.4) is 0 Å². The molecule has 2 rings (SSSR count). The quantitative estimate of drug-likeness (QED) is 0.919. The summed E-state index contributed by atoms with van der Waals surface area (Å²) in [5.41, 5.74) is 5.50. The van der Waals surface area contributed by atoms with E-state index in [1.54, 1.807) is 24.3 Å². The van der Waals surface area contributed by atoms with Crippen molar-refractivity contribution in [3.05, 3.63) is 65.7 Å². The third-order valence-corrected chi connectivity index (χ3v) is 3.14. The summed E-state index contributed by atoms with van der Waals surface area (Å²) in [5, 5.41) is 9.27. The highest BCUT2D eigenvalue weighted by atomic mass is 19.1. The van der Waals surface area contributed by atoms with E-state index in [1.807, 2.05) is 12.1 Å². The molecule has 108 valence electrons. The van der Waals surface area contributed by atoms with Crippen molar-refractivity contribution in [3.8, 4) is 11.8 Å². The van der Waals surface area contributed by atoms with Gasteiger partial charge in [-0.15, -0.1) is 0 Å². The Morgan fingerprint density at radius 3 is 2.48 bits per heavy atom. The Bertz CT molecular complexity index is 655. The average molecular weight is 288 g/mol.